The fourth-order valence-corrected chi connectivity index (χ4v) is 4.62. The van der Waals surface area contributed by atoms with Crippen LogP contribution in [0.5, 0.6) is 0 Å². The summed E-state index contributed by atoms with van der Waals surface area (Å²) in [5.41, 5.74) is 0.619. The normalized spacial score (nSPS) is 29.5. The number of carbonyl (C=O) groups excluding carboxylic acids is 1. The Morgan fingerprint density at radius 3 is 2.73 bits per heavy atom. The number of aliphatic hydroxyl groups is 1. The number of hydrogen-bond donors (Lipinski definition) is 1. The molecule has 4 rings (SSSR count). The van der Waals surface area contributed by atoms with Crippen LogP contribution >= 0.6 is 30.3 Å². The summed E-state index contributed by atoms with van der Waals surface area (Å²) < 4.78 is 3.62. The molecule has 3 aliphatic rings. The Morgan fingerprint density at radius 2 is 2.23 bits per heavy atom. The van der Waals surface area contributed by atoms with E-state index in [9.17, 15) is 4.79 Å². The van der Waals surface area contributed by atoms with Crippen molar-refractivity contribution in [1.82, 2.24) is 24.2 Å². The van der Waals surface area contributed by atoms with Crippen LogP contribution in [0.2, 0.25) is 0 Å². The molecule has 0 aromatic carbocycles. The molecule has 0 spiro atoms. The molecule has 0 radical (unpaired) electrons. The molecular weight excluding hydrogens is 417 g/mol. The minimum Gasteiger partial charge on any atom is -0.390 e. The van der Waals surface area contributed by atoms with Crippen LogP contribution < -0.4 is 0 Å². The highest BCUT2D eigenvalue weighted by Gasteiger charge is 2.66. The van der Waals surface area contributed by atoms with Gasteiger partial charge in [-0.25, -0.2) is 4.68 Å². The van der Waals surface area contributed by atoms with Crippen molar-refractivity contribution < 1.29 is 9.90 Å². The number of hydrogen-bond acceptors (Lipinski definition) is 6. The second-order valence-electron chi connectivity index (χ2n) is 5.72. The van der Waals surface area contributed by atoms with E-state index in [1.807, 2.05) is 24.7 Å². The van der Waals surface area contributed by atoms with E-state index < -0.39 is 0 Å². The van der Waals surface area contributed by atoms with Crippen molar-refractivity contribution >= 4 is 36.7 Å². The lowest BCUT2D eigenvalue weighted by Crippen LogP contribution is -2.57. The first-order valence-electron chi connectivity index (χ1n) is 7.32. The lowest BCUT2D eigenvalue weighted by Gasteiger charge is -2.48. The molecule has 0 unspecified atom stereocenters. The van der Waals surface area contributed by atoms with Gasteiger partial charge in [-0.2, -0.15) is 0 Å². The zero-order chi connectivity index (χ0) is 16.4. The molecule has 1 amide bonds. The van der Waals surface area contributed by atoms with Gasteiger partial charge in [-0.05, 0) is 19.9 Å². The maximum absolute atomic E-state index is 11.0. The molecule has 2 aliphatic heterocycles. The lowest BCUT2D eigenvalue weighted by molar-refractivity contribution is -0.115. The second-order valence-corrected chi connectivity index (χ2v) is 7.51. The lowest BCUT2D eigenvalue weighted by atomic mass is 9.67. The maximum Gasteiger partial charge on any atom is 0.220 e. The Morgan fingerprint density at radius 1 is 1.55 bits per heavy atom. The number of carbonyl (C=O) groups is 1. The smallest absolute Gasteiger partial charge is 0.220 e. The minimum absolute atomic E-state index is 0.0281. The van der Waals surface area contributed by atoms with Crippen LogP contribution in [0.15, 0.2) is 6.20 Å². The van der Waals surface area contributed by atoms with Gasteiger partial charge in [0.15, 0.2) is 0 Å². The van der Waals surface area contributed by atoms with E-state index in [-0.39, 0.29) is 17.7 Å². The first kappa shape index (κ1) is 18.0. The highest BCUT2D eigenvalue weighted by atomic mass is 127. The van der Waals surface area contributed by atoms with E-state index in [1.54, 1.807) is 4.31 Å². The molecular formula is C13H22IN5O2S. The number of rotatable bonds is 6. The molecule has 9 heteroatoms. The van der Waals surface area contributed by atoms with Gasteiger partial charge in [0.25, 0.3) is 0 Å². The molecule has 1 aromatic heterocycles. The number of fused-ring (bicyclic) bond motifs is 1. The second kappa shape index (κ2) is 7.02. The molecule has 1 N–H and O–H groups in total. The summed E-state index contributed by atoms with van der Waals surface area (Å²) >= 11 is 2.13. The minimum atomic E-state index is -0.0819. The van der Waals surface area contributed by atoms with Gasteiger partial charge in [0, 0.05) is 42.4 Å². The highest BCUT2D eigenvalue weighted by molar-refractivity contribution is 14.2. The topological polar surface area (TPSA) is 74.5 Å². The number of likely N-dealkylation sites (N-methyl/N-ethyl adjacent to an activating group) is 1. The van der Waals surface area contributed by atoms with Crippen LogP contribution in [0.3, 0.4) is 0 Å². The maximum atomic E-state index is 11.0. The Kier molecular flexibility index (Phi) is 5.73. The van der Waals surface area contributed by atoms with Crippen molar-refractivity contribution in [3.05, 3.63) is 11.9 Å². The summed E-state index contributed by atoms with van der Waals surface area (Å²) in [5.74, 6) is 0. The van der Waals surface area contributed by atoms with Gasteiger partial charge >= 0.3 is 0 Å². The molecule has 7 nitrogen and oxygen atoms in total. The van der Waals surface area contributed by atoms with Crippen molar-refractivity contribution in [2.24, 2.45) is 0 Å². The molecule has 2 bridgehead atoms. The average Bonchev–Trinajstić information content (AvgIpc) is 3.16. The summed E-state index contributed by atoms with van der Waals surface area (Å²) in [6.07, 6.45) is 4.64. The van der Waals surface area contributed by atoms with Crippen LogP contribution in [-0.4, -0.2) is 61.4 Å². The van der Waals surface area contributed by atoms with Gasteiger partial charge < -0.3 is 5.11 Å². The number of aliphatic hydroxyl groups excluding tert-OH is 1. The zero-order valence-corrected chi connectivity index (χ0v) is 16.0. The third-order valence-electron chi connectivity index (χ3n) is 4.50. The standard InChI is InChI=1S/C11H16IN5O2S.C2H6/c1-15-6-11(17-2-9(3-18)13-14-17)4-10(15,5-11)7-16(8-19)20-12;1-2/h2,8,18H,3-7H2,1H3;1-2H3. The van der Waals surface area contributed by atoms with Crippen molar-refractivity contribution in [3.8, 4) is 0 Å². The molecule has 3 fully saturated rings. The molecule has 2 saturated heterocycles. The predicted octanol–water partition coefficient (Wildman–Crippen LogP) is 1.43. The summed E-state index contributed by atoms with van der Waals surface area (Å²) in [6.45, 7) is 5.55. The van der Waals surface area contributed by atoms with Crippen molar-refractivity contribution in [2.45, 2.75) is 44.4 Å². The Labute approximate surface area is 147 Å². The third-order valence-corrected chi connectivity index (χ3v) is 6.41. The number of aromatic nitrogens is 3. The summed E-state index contributed by atoms with van der Waals surface area (Å²) in [6, 6.07) is 0. The molecule has 1 saturated carbocycles. The quantitative estimate of drug-likeness (QED) is 0.411. The number of amides is 1. The molecule has 22 heavy (non-hydrogen) atoms. The third kappa shape index (κ3) is 2.87. The van der Waals surface area contributed by atoms with E-state index in [0.29, 0.717) is 5.69 Å². The Bertz CT molecular complexity index is 520. The van der Waals surface area contributed by atoms with Gasteiger partial charge in [-0.15, -0.1) is 5.10 Å². The van der Waals surface area contributed by atoms with Gasteiger partial charge in [-0.3, -0.25) is 14.0 Å². The predicted molar refractivity (Wildman–Crippen MR) is 94.2 cm³/mol. The van der Waals surface area contributed by atoms with Crippen LogP contribution in [0.4, 0.5) is 0 Å². The zero-order valence-electron chi connectivity index (χ0n) is 13.1. The van der Waals surface area contributed by atoms with E-state index in [4.69, 9.17) is 5.11 Å². The molecule has 3 heterocycles. The summed E-state index contributed by atoms with van der Waals surface area (Å²) in [7, 11) is 3.52. The average molecular weight is 439 g/mol. The SMILES string of the molecule is CC.CN1CC2(n3cc(CO)nn3)CC1(CN(C=O)SI)C2. The van der Waals surface area contributed by atoms with Gasteiger partial charge in [0.05, 0.1) is 24.9 Å². The first-order valence-corrected chi connectivity index (χ1v) is 10.6. The van der Waals surface area contributed by atoms with Crippen LogP contribution in [-0.2, 0) is 16.9 Å². The largest absolute Gasteiger partial charge is 0.390 e. The van der Waals surface area contributed by atoms with Crippen LogP contribution in [0.1, 0.15) is 32.4 Å². The van der Waals surface area contributed by atoms with Gasteiger partial charge in [0.2, 0.25) is 6.41 Å². The molecule has 0 atom stereocenters. The van der Waals surface area contributed by atoms with E-state index in [2.05, 4.69) is 43.5 Å². The van der Waals surface area contributed by atoms with Crippen LogP contribution in [0.25, 0.3) is 0 Å². The molecule has 124 valence electrons. The number of nitrogens with zero attached hydrogens (tertiary/aromatic N) is 5. The van der Waals surface area contributed by atoms with Crippen molar-refractivity contribution in [2.75, 3.05) is 20.1 Å². The van der Waals surface area contributed by atoms with E-state index >= 15 is 0 Å². The summed E-state index contributed by atoms with van der Waals surface area (Å²) in [4.78, 5) is 13.3. The fraction of sp³-hybridized carbons (Fsp3) is 0.769. The van der Waals surface area contributed by atoms with E-state index in [0.717, 1.165) is 32.3 Å². The van der Waals surface area contributed by atoms with E-state index in [1.165, 1.54) is 9.12 Å². The fourth-order valence-electron chi connectivity index (χ4n) is 3.60. The van der Waals surface area contributed by atoms with Crippen molar-refractivity contribution in [3.63, 3.8) is 0 Å². The highest BCUT2D eigenvalue weighted by Crippen LogP contribution is 2.57. The van der Waals surface area contributed by atoms with Crippen LogP contribution in [0, 0.1) is 0 Å². The first-order chi connectivity index (χ1) is 10.6. The van der Waals surface area contributed by atoms with Crippen molar-refractivity contribution in [1.29, 1.82) is 0 Å². The Balaban J connectivity index is 0.000000847. The Hall–Kier alpha value is -0.390. The number of halogens is 1. The molecule has 1 aromatic rings. The monoisotopic (exact) mass is 439 g/mol. The molecule has 1 aliphatic carbocycles. The van der Waals surface area contributed by atoms with Gasteiger partial charge in [-0.1, -0.05) is 19.1 Å². The summed E-state index contributed by atoms with van der Waals surface area (Å²) in [5, 5.41) is 17.2. The van der Waals surface area contributed by atoms with Gasteiger partial charge in [0.1, 0.15) is 5.69 Å².